The SMILES string of the molecule is NC1CCN(c2cccn3c(=O)[nH]nc23)C1. The number of rotatable bonds is 1. The first kappa shape index (κ1) is 9.41. The van der Waals surface area contributed by atoms with Gasteiger partial charge in [0.25, 0.3) is 0 Å². The van der Waals surface area contributed by atoms with Crippen molar-refractivity contribution < 1.29 is 0 Å². The molecule has 2 aromatic heterocycles. The molecule has 6 heteroatoms. The van der Waals surface area contributed by atoms with Gasteiger partial charge in [0, 0.05) is 25.3 Å². The van der Waals surface area contributed by atoms with Crippen molar-refractivity contribution in [2.75, 3.05) is 18.0 Å². The average molecular weight is 219 g/mol. The van der Waals surface area contributed by atoms with E-state index in [4.69, 9.17) is 5.73 Å². The van der Waals surface area contributed by atoms with Gasteiger partial charge in [-0.25, -0.2) is 14.3 Å². The molecule has 3 N–H and O–H groups in total. The van der Waals surface area contributed by atoms with E-state index in [1.807, 2.05) is 12.1 Å². The van der Waals surface area contributed by atoms with Gasteiger partial charge in [0.1, 0.15) is 0 Å². The van der Waals surface area contributed by atoms with Gasteiger partial charge in [-0.1, -0.05) is 0 Å². The number of hydrogen-bond donors (Lipinski definition) is 2. The second kappa shape index (κ2) is 3.34. The number of aromatic amines is 1. The zero-order valence-electron chi connectivity index (χ0n) is 8.76. The number of nitrogens with zero attached hydrogens (tertiary/aromatic N) is 3. The maximum absolute atomic E-state index is 11.4. The second-order valence-electron chi connectivity index (χ2n) is 4.11. The third kappa shape index (κ3) is 1.30. The van der Waals surface area contributed by atoms with Crippen molar-refractivity contribution in [2.45, 2.75) is 12.5 Å². The van der Waals surface area contributed by atoms with Gasteiger partial charge in [0.15, 0.2) is 5.65 Å². The molecule has 0 spiro atoms. The second-order valence-corrected chi connectivity index (χ2v) is 4.11. The maximum atomic E-state index is 11.4. The van der Waals surface area contributed by atoms with Crippen LogP contribution in [0.15, 0.2) is 23.1 Å². The van der Waals surface area contributed by atoms with Crippen LogP contribution < -0.4 is 16.3 Å². The molecule has 0 saturated carbocycles. The summed E-state index contributed by atoms with van der Waals surface area (Å²) in [4.78, 5) is 13.6. The summed E-state index contributed by atoms with van der Waals surface area (Å²) in [5.41, 5.74) is 7.30. The first-order valence-corrected chi connectivity index (χ1v) is 5.32. The first-order valence-electron chi connectivity index (χ1n) is 5.32. The Kier molecular flexibility index (Phi) is 1.97. The molecular formula is C10H13N5O. The van der Waals surface area contributed by atoms with Crippen molar-refractivity contribution in [3.8, 4) is 0 Å². The number of nitrogens with two attached hydrogens (primary N) is 1. The average Bonchev–Trinajstić information content (AvgIpc) is 2.86. The minimum absolute atomic E-state index is 0.208. The number of fused-ring (bicyclic) bond motifs is 1. The maximum Gasteiger partial charge on any atom is 0.347 e. The zero-order valence-corrected chi connectivity index (χ0v) is 8.76. The van der Waals surface area contributed by atoms with E-state index in [-0.39, 0.29) is 11.7 Å². The molecule has 0 aliphatic carbocycles. The van der Waals surface area contributed by atoms with Crippen LogP contribution in [0.2, 0.25) is 0 Å². The Bertz CT molecular complexity index is 572. The highest BCUT2D eigenvalue weighted by Gasteiger charge is 2.21. The van der Waals surface area contributed by atoms with Crippen LogP contribution in [-0.4, -0.2) is 33.7 Å². The van der Waals surface area contributed by atoms with Crippen LogP contribution in [0.5, 0.6) is 0 Å². The highest BCUT2D eigenvalue weighted by atomic mass is 16.1. The van der Waals surface area contributed by atoms with Crippen LogP contribution in [0.1, 0.15) is 6.42 Å². The van der Waals surface area contributed by atoms with Crippen LogP contribution in [0.25, 0.3) is 5.65 Å². The van der Waals surface area contributed by atoms with E-state index in [2.05, 4.69) is 15.1 Å². The molecule has 84 valence electrons. The Balaban J connectivity index is 2.13. The summed E-state index contributed by atoms with van der Waals surface area (Å²) in [7, 11) is 0. The van der Waals surface area contributed by atoms with Crippen molar-refractivity contribution in [1.29, 1.82) is 0 Å². The number of hydrogen-bond acceptors (Lipinski definition) is 4. The van der Waals surface area contributed by atoms with Crippen LogP contribution >= 0.6 is 0 Å². The molecule has 0 amide bonds. The smallest absolute Gasteiger partial charge is 0.347 e. The van der Waals surface area contributed by atoms with Crippen molar-refractivity contribution in [2.24, 2.45) is 5.73 Å². The number of anilines is 1. The Morgan fingerprint density at radius 3 is 3.19 bits per heavy atom. The van der Waals surface area contributed by atoms with Crippen molar-refractivity contribution in [1.82, 2.24) is 14.6 Å². The fourth-order valence-corrected chi connectivity index (χ4v) is 2.17. The Labute approximate surface area is 91.7 Å². The molecule has 16 heavy (non-hydrogen) atoms. The minimum atomic E-state index is -0.208. The van der Waals surface area contributed by atoms with Crippen LogP contribution in [0, 0.1) is 0 Å². The van der Waals surface area contributed by atoms with E-state index in [1.54, 1.807) is 6.20 Å². The molecule has 3 rings (SSSR count). The number of nitrogens with one attached hydrogen (secondary N) is 1. The van der Waals surface area contributed by atoms with E-state index < -0.39 is 0 Å². The minimum Gasteiger partial charge on any atom is -0.367 e. The van der Waals surface area contributed by atoms with E-state index >= 15 is 0 Å². The van der Waals surface area contributed by atoms with Gasteiger partial charge in [-0.05, 0) is 18.6 Å². The Hall–Kier alpha value is -1.82. The van der Waals surface area contributed by atoms with Gasteiger partial charge >= 0.3 is 5.69 Å². The molecule has 0 bridgehead atoms. The monoisotopic (exact) mass is 219 g/mol. The molecule has 0 radical (unpaired) electrons. The zero-order chi connectivity index (χ0) is 11.1. The molecule has 2 aromatic rings. The third-order valence-electron chi connectivity index (χ3n) is 2.99. The molecule has 0 aromatic carbocycles. The third-order valence-corrected chi connectivity index (χ3v) is 2.99. The van der Waals surface area contributed by atoms with Crippen molar-refractivity contribution in [3.05, 3.63) is 28.8 Å². The molecule has 1 atom stereocenters. The van der Waals surface area contributed by atoms with E-state index in [0.29, 0.717) is 5.65 Å². The summed E-state index contributed by atoms with van der Waals surface area (Å²) in [6.45, 7) is 1.74. The number of aromatic nitrogens is 3. The summed E-state index contributed by atoms with van der Waals surface area (Å²) in [6.07, 6.45) is 2.69. The number of pyridine rings is 1. The molecule has 1 saturated heterocycles. The first-order chi connectivity index (χ1) is 7.75. The fraction of sp³-hybridized carbons (Fsp3) is 0.400. The number of H-pyrrole nitrogens is 1. The highest BCUT2D eigenvalue weighted by Crippen LogP contribution is 2.22. The van der Waals surface area contributed by atoms with Gasteiger partial charge in [-0.15, -0.1) is 0 Å². The summed E-state index contributed by atoms with van der Waals surface area (Å²) < 4.78 is 1.51. The molecule has 1 aliphatic rings. The fourth-order valence-electron chi connectivity index (χ4n) is 2.17. The lowest BCUT2D eigenvalue weighted by molar-refractivity contribution is 0.752. The van der Waals surface area contributed by atoms with Crippen LogP contribution in [-0.2, 0) is 0 Å². The van der Waals surface area contributed by atoms with Crippen LogP contribution in [0.4, 0.5) is 5.69 Å². The van der Waals surface area contributed by atoms with E-state index in [1.165, 1.54) is 4.40 Å². The predicted octanol–water partition coefficient (Wildman–Crippen LogP) is -0.440. The van der Waals surface area contributed by atoms with Gasteiger partial charge in [-0.2, -0.15) is 5.10 Å². The topological polar surface area (TPSA) is 79.4 Å². The van der Waals surface area contributed by atoms with Gasteiger partial charge in [0.2, 0.25) is 0 Å². The standard InChI is InChI=1S/C10H13N5O/c11-7-3-5-14(6-7)8-2-1-4-15-9(8)12-13-10(15)16/h1-2,4,7H,3,5-6,11H2,(H,13,16). The summed E-state index contributed by atoms with van der Waals surface area (Å²) in [5.74, 6) is 0. The normalized spacial score (nSPS) is 20.8. The van der Waals surface area contributed by atoms with Crippen LogP contribution in [0.3, 0.4) is 0 Å². The summed E-state index contributed by atoms with van der Waals surface area (Å²) in [5, 5.41) is 6.48. The lowest BCUT2D eigenvalue weighted by atomic mass is 10.3. The summed E-state index contributed by atoms with van der Waals surface area (Å²) in [6, 6.07) is 4.03. The van der Waals surface area contributed by atoms with Gasteiger partial charge in [-0.3, -0.25) is 0 Å². The molecule has 3 heterocycles. The quantitative estimate of drug-likeness (QED) is 0.681. The predicted molar refractivity (Wildman–Crippen MR) is 60.6 cm³/mol. The van der Waals surface area contributed by atoms with E-state index in [9.17, 15) is 4.79 Å². The highest BCUT2D eigenvalue weighted by molar-refractivity contribution is 5.68. The Morgan fingerprint density at radius 2 is 2.44 bits per heavy atom. The summed E-state index contributed by atoms with van der Waals surface area (Å²) >= 11 is 0. The van der Waals surface area contributed by atoms with Crippen molar-refractivity contribution >= 4 is 11.3 Å². The molecule has 1 aliphatic heterocycles. The molecular weight excluding hydrogens is 206 g/mol. The molecule has 1 unspecified atom stereocenters. The largest absolute Gasteiger partial charge is 0.367 e. The van der Waals surface area contributed by atoms with E-state index in [0.717, 1.165) is 25.2 Å². The Morgan fingerprint density at radius 1 is 1.56 bits per heavy atom. The van der Waals surface area contributed by atoms with Gasteiger partial charge in [0.05, 0.1) is 5.69 Å². The lowest BCUT2D eigenvalue weighted by Crippen LogP contribution is -2.26. The van der Waals surface area contributed by atoms with Gasteiger partial charge < -0.3 is 10.6 Å². The van der Waals surface area contributed by atoms with Crippen molar-refractivity contribution in [3.63, 3.8) is 0 Å². The lowest BCUT2D eigenvalue weighted by Gasteiger charge is -2.17. The molecule has 1 fully saturated rings. The molecule has 6 nitrogen and oxygen atoms in total.